The van der Waals surface area contributed by atoms with Crippen LogP contribution in [-0.4, -0.2) is 64.1 Å². The highest BCUT2D eigenvalue weighted by Crippen LogP contribution is 2.41. The first-order chi connectivity index (χ1) is 24.8. The number of aromatic nitrogens is 1. The maximum absolute atomic E-state index is 12.5. The highest BCUT2D eigenvalue weighted by Gasteiger charge is 2.39. The van der Waals surface area contributed by atoms with Crippen LogP contribution < -0.4 is 26.7 Å². The number of hydrogen-bond acceptors (Lipinski definition) is 7. The highest BCUT2D eigenvalue weighted by molar-refractivity contribution is 6.74. The number of ether oxygens (including phenoxy) is 2. The summed E-state index contributed by atoms with van der Waals surface area (Å²) < 4.78 is 19.2. The van der Waals surface area contributed by atoms with Gasteiger partial charge < -0.3 is 35.3 Å². The largest absolute Gasteiger partial charge is 0.487 e. The molecule has 52 heavy (non-hydrogen) atoms. The van der Waals surface area contributed by atoms with Crippen LogP contribution in [0.15, 0.2) is 83.7 Å². The number of rotatable bonds is 21. The standard InChI is InChI=1S/C41H59N5O5Si/c1-41(2,3)52(5,6)51-37(34-19-21-36(39-35(34)20-22-38(47)45-39)50-30-31-15-10-9-11-16-31)28-43-23-12-7-8-13-25-49-26-24-46(4)29-32-17-14-18-33(27-32)44-40(42)48/h9-11,14-22,27,37,43H,7-8,12-13,23-26,28-30H2,1-6H3,(H,45,47)(H3,42,44,48)/t37-/m0/s1. The molecule has 5 N–H and O–H groups in total. The quantitative estimate of drug-likeness (QED) is 0.0506. The summed E-state index contributed by atoms with van der Waals surface area (Å²) in [5.74, 6) is 0.650. The SMILES string of the molecule is CN(CCOCCCCCCNC[C@H](O[Si](C)(C)C(C)(C)C)c1ccc(OCc2ccccc2)c2[nH]c(=O)ccc12)Cc1cccc(NC(N)=O)c1. The molecule has 282 valence electrons. The number of pyridine rings is 1. The lowest BCUT2D eigenvalue weighted by Crippen LogP contribution is -2.43. The van der Waals surface area contributed by atoms with Gasteiger partial charge in [0, 0.05) is 43.4 Å². The number of benzene rings is 3. The fourth-order valence-corrected chi connectivity index (χ4v) is 7.05. The number of nitrogens with one attached hydrogen (secondary N) is 3. The van der Waals surface area contributed by atoms with Gasteiger partial charge in [0.15, 0.2) is 8.32 Å². The van der Waals surface area contributed by atoms with Crippen LogP contribution in [0.3, 0.4) is 0 Å². The lowest BCUT2D eigenvalue weighted by atomic mass is 10.0. The molecular formula is C41H59N5O5Si. The number of carbonyl (C=O) groups is 1. The number of amides is 2. The van der Waals surface area contributed by atoms with Gasteiger partial charge in [-0.05, 0) is 85.5 Å². The number of H-pyrrole nitrogens is 1. The minimum absolute atomic E-state index is 0.0440. The molecule has 4 rings (SSSR count). The van der Waals surface area contributed by atoms with Crippen molar-refractivity contribution in [3.05, 3.63) is 106 Å². The van der Waals surface area contributed by atoms with E-state index in [1.54, 1.807) is 6.07 Å². The lowest BCUT2D eigenvalue weighted by molar-refractivity contribution is 0.106. The maximum Gasteiger partial charge on any atom is 0.316 e. The number of urea groups is 1. The van der Waals surface area contributed by atoms with E-state index in [9.17, 15) is 9.59 Å². The van der Waals surface area contributed by atoms with E-state index in [1.807, 2.05) is 66.7 Å². The predicted octanol–water partition coefficient (Wildman–Crippen LogP) is 7.96. The van der Waals surface area contributed by atoms with Gasteiger partial charge in [-0.25, -0.2) is 4.79 Å². The number of primary amides is 1. The fourth-order valence-electron chi connectivity index (χ4n) is 5.78. The summed E-state index contributed by atoms with van der Waals surface area (Å²) in [5.41, 5.74) is 9.68. The second-order valence-corrected chi connectivity index (χ2v) is 19.8. The molecule has 0 saturated carbocycles. The van der Waals surface area contributed by atoms with Crippen molar-refractivity contribution in [3.63, 3.8) is 0 Å². The average Bonchev–Trinajstić information content (AvgIpc) is 3.08. The van der Waals surface area contributed by atoms with Crippen molar-refractivity contribution in [2.24, 2.45) is 5.73 Å². The number of nitrogens with two attached hydrogens (primary N) is 1. The van der Waals surface area contributed by atoms with E-state index in [2.05, 4.69) is 67.5 Å². The van der Waals surface area contributed by atoms with Crippen LogP contribution >= 0.6 is 0 Å². The highest BCUT2D eigenvalue weighted by atomic mass is 28.4. The Kier molecular flexibility index (Phi) is 15.5. The third-order valence-corrected chi connectivity index (χ3v) is 14.2. The van der Waals surface area contributed by atoms with Gasteiger partial charge in [0.1, 0.15) is 12.4 Å². The Hall–Kier alpha value is -4.00. The molecule has 1 aromatic heterocycles. The Balaban J connectivity index is 1.24. The normalized spacial score (nSPS) is 12.7. The van der Waals surface area contributed by atoms with E-state index in [1.165, 1.54) is 0 Å². The molecule has 3 aromatic carbocycles. The summed E-state index contributed by atoms with van der Waals surface area (Å²) in [7, 11) is -0.0703. The second kappa shape index (κ2) is 19.7. The number of unbranched alkanes of at least 4 members (excludes halogenated alkanes) is 3. The predicted molar refractivity (Wildman–Crippen MR) is 215 cm³/mol. The minimum atomic E-state index is -2.13. The van der Waals surface area contributed by atoms with Crippen LogP contribution in [0.5, 0.6) is 5.75 Å². The molecule has 0 aliphatic carbocycles. The summed E-state index contributed by atoms with van der Waals surface area (Å²) in [6.45, 7) is 16.3. The van der Waals surface area contributed by atoms with Gasteiger partial charge >= 0.3 is 6.03 Å². The Morgan fingerprint density at radius 2 is 1.67 bits per heavy atom. The molecule has 4 aromatic rings. The molecule has 0 aliphatic heterocycles. The van der Waals surface area contributed by atoms with Gasteiger partial charge in [0.05, 0.1) is 18.2 Å². The van der Waals surface area contributed by atoms with E-state index < -0.39 is 14.3 Å². The van der Waals surface area contributed by atoms with E-state index in [4.69, 9.17) is 19.6 Å². The second-order valence-electron chi connectivity index (χ2n) is 15.1. The lowest BCUT2D eigenvalue weighted by Gasteiger charge is -2.39. The van der Waals surface area contributed by atoms with Gasteiger partial charge in [-0.1, -0.05) is 82.1 Å². The zero-order chi connectivity index (χ0) is 37.6. The van der Waals surface area contributed by atoms with Gasteiger partial charge in [-0.2, -0.15) is 0 Å². The molecule has 10 nitrogen and oxygen atoms in total. The van der Waals surface area contributed by atoms with Crippen molar-refractivity contribution in [1.82, 2.24) is 15.2 Å². The summed E-state index contributed by atoms with van der Waals surface area (Å²) in [4.78, 5) is 28.8. The van der Waals surface area contributed by atoms with Crippen molar-refractivity contribution in [2.75, 3.05) is 45.2 Å². The zero-order valence-corrected chi connectivity index (χ0v) is 32.9. The molecule has 0 radical (unpaired) electrons. The fraction of sp³-hybridized carbons (Fsp3) is 0.463. The van der Waals surface area contributed by atoms with Gasteiger partial charge in [0.2, 0.25) is 5.56 Å². The molecule has 2 amide bonds. The molecule has 0 saturated heterocycles. The third kappa shape index (κ3) is 12.9. The number of fused-ring (bicyclic) bond motifs is 1. The van der Waals surface area contributed by atoms with E-state index in [0.29, 0.717) is 36.7 Å². The van der Waals surface area contributed by atoms with Crippen LogP contribution in [0, 0.1) is 0 Å². The average molecular weight is 730 g/mol. The van der Waals surface area contributed by atoms with Crippen molar-refractivity contribution >= 4 is 30.9 Å². The Morgan fingerprint density at radius 3 is 2.42 bits per heavy atom. The van der Waals surface area contributed by atoms with Crippen LogP contribution in [-0.2, 0) is 22.3 Å². The molecule has 11 heteroatoms. The number of nitrogens with zero attached hydrogens (tertiary/aromatic N) is 1. The first-order valence-corrected chi connectivity index (χ1v) is 21.4. The number of anilines is 1. The maximum atomic E-state index is 12.5. The van der Waals surface area contributed by atoms with E-state index in [0.717, 1.165) is 74.0 Å². The molecule has 1 atom stereocenters. The number of aromatic amines is 1. The number of carbonyl (C=O) groups excluding carboxylic acids is 1. The van der Waals surface area contributed by atoms with Crippen molar-refractivity contribution < 1.29 is 18.7 Å². The molecular weight excluding hydrogens is 671 g/mol. The molecule has 1 heterocycles. The van der Waals surface area contributed by atoms with Crippen LogP contribution in [0.4, 0.5) is 10.5 Å². The summed E-state index contributed by atoms with van der Waals surface area (Å²) in [6, 6.07) is 24.7. The summed E-state index contributed by atoms with van der Waals surface area (Å²) >= 11 is 0. The number of hydrogen-bond donors (Lipinski definition) is 4. The smallest absolute Gasteiger partial charge is 0.316 e. The Bertz CT molecular complexity index is 1760. The van der Waals surface area contributed by atoms with Crippen molar-refractivity contribution in [2.45, 2.75) is 83.8 Å². The first kappa shape index (κ1) is 40.8. The minimum Gasteiger partial charge on any atom is -0.487 e. The number of likely N-dealkylation sites (N-methyl/N-ethyl adjacent to an activating group) is 1. The monoisotopic (exact) mass is 729 g/mol. The molecule has 0 bridgehead atoms. The van der Waals surface area contributed by atoms with Gasteiger partial charge in [-0.3, -0.25) is 9.69 Å². The van der Waals surface area contributed by atoms with Crippen molar-refractivity contribution in [3.8, 4) is 5.75 Å². The molecule has 0 spiro atoms. The van der Waals surface area contributed by atoms with Crippen molar-refractivity contribution in [1.29, 1.82) is 0 Å². The summed E-state index contributed by atoms with van der Waals surface area (Å²) in [6.07, 6.45) is 4.16. The third-order valence-electron chi connectivity index (χ3n) is 9.70. The van der Waals surface area contributed by atoms with Gasteiger partial charge in [0.25, 0.3) is 0 Å². The summed E-state index contributed by atoms with van der Waals surface area (Å²) in [5, 5.41) is 7.29. The topological polar surface area (TPSA) is 131 Å². The first-order valence-electron chi connectivity index (χ1n) is 18.5. The van der Waals surface area contributed by atoms with Crippen LogP contribution in [0.25, 0.3) is 10.9 Å². The zero-order valence-electron chi connectivity index (χ0n) is 31.9. The Morgan fingerprint density at radius 1 is 0.923 bits per heavy atom. The Labute approximate surface area is 310 Å². The van der Waals surface area contributed by atoms with E-state index >= 15 is 0 Å². The van der Waals surface area contributed by atoms with Gasteiger partial charge in [-0.15, -0.1) is 0 Å². The molecule has 0 aliphatic rings. The van der Waals surface area contributed by atoms with E-state index in [-0.39, 0.29) is 16.7 Å². The van der Waals surface area contributed by atoms with Crippen LogP contribution in [0.2, 0.25) is 18.1 Å². The molecule has 0 unspecified atom stereocenters. The van der Waals surface area contributed by atoms with Crippen LogP contribution in [0.1, 0.15) is 69.2 Å². The molecule has 0 fully saturated rings.